The Morgan fingerprint density at radius 3 is 2.67 bits per heavy atom. The molecule has 5 nitrogen and oxygen atoms in total. The highest BCUT2D eigenvalue weighted by Crippen LogP contribution is 2.26. The van der Waals surface area contributed by atoms with Gasteiger partial charge in [0.25, 0.3) is 0 Å². The first-order valence-corrected chi connectivity index (χ1v) is 7.96. The van der Waals surface area contributed by atoms with Gasteiger partial charge in [0.1, 0.15) is 5.82 Å². The molecule has 0 fully saturated rings. The minimum atomic E-state index is 0.120. The van der Waals surface area contributed by atoms with Crippen LogP contribution in [0, 0.1) is 6.92 Å². The van der Waals surface area contributed by atoms with Crippen molar-refractivity contribution in [3.05, 3.63) is 28.8 Å². The van der Waals surface area contributed by atoms with Crippen molar-refractivity contribution in [1.82, 2.24) is 19.9 Å². The molecule has 116 valence electrons. The quantitative estimate of drug-likeness (QED) is 0.922. The fourth-order valence-electron chi connectivity index (χ4n) is 1.91. The fourth-order valence-corrected chi connectivity index (χ4v) is 2.88. The van der Waals surface area contributed by atoms with Gasteiger partial charge in [-0.3, -0.25) is 0 Å². The number of nitrogens with one attached hydrogen (secondary N) is 1. The first-order valence-electron chi connectivity index (χ1n) is 7.15. The SMILES string of the molecule is Cc1nc(N(C)Cc2nccn2C)sc1CNC(C)(C)C. The van der Waals surface area contributed by atoms with Crippen LogP contribution in [0.5, 0.6) is 0 Å². The van der Waals surface area contributed by atoms with Gasteiger partial charge in [-0.1, -0.05) is 0 Å². The summed E-state index contributed by atoms with van der Waals surface area (Å²) in [5.74, 6) is 1.04. The molecule has 0 radical (unpaired) electrons. The van der Waals surface area contributed by atoms with Crippen molar-refractivity contribution in [3.63, 3.8) is 0 Å². The lowest BCUT2D eigenvalue weighted by molar-refractivity contribution is 0.425. The Balaban J connectivity index is 2.05. The number of aromatic nitrogens is 3. The van der Waals surface area contributed by atoms with Crippen LogP contribution < -0.4 is 10.2 Å². The lowest BCUT2D eigenvalue weighted by atomic mass is 10.1. The molecule has 0 aliphatic carbocycles. The lowest BCUT2D eigenvalue weighted by Crippen LogP contribution is -2.34. The van der Waals surface area contributed by atoms with Crippen molar-refractivity contribution in [2.75, 3.05) is 11.9 Å². The van der Waals surface area contributed by atoms with Crippen molar-refractivity contribution >= 4 is 16.5 Å². The molecule has 0 saturated heterocycles. The smallest absolute Gasteiger partial charge is 0.185 e. The van der Waals surface area contributed by atoms with Crippen LogP contribution in [0.2, 0.25) is 0 Å². The predicted molar refractivity (Wildman–Crippen MR) is 88.8 cm³/mol. The summed E-state index contributed by atoms with van der Waals surface area (Å²) in [6.45, 7) is 10.2. The molecule has 0 spiro atoms. The molecule has 0 aliphatic heterocycles. The zero-order chi connectivity index (χ0) is 15.6. The number of anilines is 1. The van der Waals surface area contributed by atoms with Gasteiger partial charge in [0.05, 0.1) is 12.2 Å². The maximum Gasteiger partial charge on any atom is 0.185 e. The Labute approximate surface area is 131 Å². The van der Waals surface area contributed by atoms with Gasteiger partial charge in [-0.15, -0.1) is 11.3 Å². The third kappa shape index (κ3) is 4.28. The van der Waals surface area contributed by atoms with E-state index in [0.717, 1.165) is 29.7 Å². The van der Waals surface area contributed by atoms with E-state index in [9.17, 15) is 0 Å². The van der Waals surface area contributed by atoms with Gasteiger partial charge in [0, 0.05) is 43.4 Å². The number of hydrogen-bond acceptors (Lipinski definition) is 5. The molecule has 2 aromatic rings. The first-order chi connectivity index (χ1) is 9.76. The van der Waals surface area contributed by atoms with Crippen LogP contribution >= 0.6 is 11.3 Å². The van der Waals surface area contributed by atoms with E-state index in [4.69, 9.17) is 0 Å². The van der Waals surface area contributed by atoms with Gasteiger partial charge < -0.3 is 14.8 Å². The Hall–Kier alpha value is -1.40. The third-order valence-corrected chi connectivity index (χ3v) is 4.56. The van der Waals surface area contributed by atoms with Gasteiger partial charge in [-0.05, 0) is 27.7 Å². The summed E-state index contributed by atoms with van der Waals surface area (Å²) < 4.78 is 2.04. The largest absolute Gasteiger partial charge is 0.344 e. The number of hydrogen-bond donors (Lipinski definition) is 1. The van der Waals surface area contributed by atoms with Crippen LogP contribution in [-0.4, -0.2) is 27.1 Å². The highest BCUT2D eigenvalue weighted by atomic mass is 32.1. The standard InChI is InChI=1S/C15H25N5S/c1-11-12(9-17-15(2,3)4)21-14(18-11)20(6)10-13-16-7-8-19(13)5/h7-8,17H,9-10H2,1-6H3. The highest BCUT2D eigenvalue weighted by molar-refractivity contribution is 7.15. The zero-order valence-corrected chi connectivity index (χ0v) is 14.6. The van der Waals surface area contributed by atoms with Gasteiger partial charge in [-0.2, -0.15) is 0 Å². The molecule has 6 heteroatoms. The van der Waals surface area contributed by atoms with Crippen LogP contribution in [0.3, 0.4) is 0 Å². The van der Waals surface area contributed by atoms with Crippen molar-refractivity contribution in [2.45, 2.75) is 46.3 Å². The molecule has 21 heavy (non-hydrogen) atoms. The predicted octanol–water partition coefficient (Wildman–Crippen LogP) is 2.71. The van der Waals surface area contributed by atoms with Crippen LogP contribution in [-0.2, 0) is 20.1 Å². The number of imidazole rings is 1. The summed E-state index contributed by atoms with van der Waals surface area (Å²) in [5, 5.41) is 4.56. The van der Waals surface area contributed by atoms with Crippen molar-refractivity contribution in [3.8, 4) is 0 Å². The lowest BCUT2D eigenvalue weighted by Gasteiger charge is -2.20. The van der Waals surface area contributed by atoms with Crippen LogP contribution in [0.15, 0.2) is 12.4 Å². The number of thiazole rings is 1. The van der Waals surface area contributed by atoms with E-state index in [1.54, 1.807) is 11.3 Å². The van der Waals surface area contributed by atoms with Crippen molar-refractivity contribution in [1.29, 1.82) is 0 Å². The summed E-state index contributed by atoms with van der Waals surface area (Å²) >= 11 is 1.75. The zero-order valence-electron chi connectivity index (χ0n) is 13.8. The van der Waals surface area contributed by atoms with E-state index in [1.807, 2.05) is 24.0 Å². The average Bonchev–Trinajstić information content (AvgIpc) is 2.93. The Bertz CT molecular complexity index is 593. The van der Waals surface area contributed by atoms with Gasteiger partial charge in [-0.25, -0.2) is 9.97 Å². The van der Waals surface area contributed by atoms with Gasteiger partial charge in [0.2, 0.25) is 0 Å². The topological polar surface area (TPSA) is 46.0 Å². The minimum absolute atomic E-state index is 0.120. The summed E-state index contributed by atoms with van der Waals surface area (Å²) in [4.78, 5) is 12.5. The molecular weight excluding hydrogens is 282 g/mol. The summed E-state index contributed by atoms with van der Waals surface area (Å²) in [5.41, 5.74) is 1.23. The van der Waals surface area contributed by atoms with Crippen molar-refractivity contribution < 1.29 is 0 Å². The molecule has 0 bridgehead atoms. The molecule has 2 heterocycles. The second kappa shape index (κ2) is 6.15. The second-order valence-corrected chi connectivity index (χ2v) is 7.48. The molecule has 0 unspecified atom stereocenters. The van der Waals surface area contributed by atoms with E-state index in [-0.39, 0.29) is 5.54 Å². The Morgan fingerprint density at radius 2 is 2.10 bits per heavy atom. The second-order valence-electron chi connectivity index (χ2n) is 6.42. The van der Waals surface area contributed by atoms with E-state index < -0.39 is 0 Å². The van der Waals surface area contributed by atoms with E-state index in [1.165, 1.54) is 4.88 Å². The molecular formula is C15H25N5S. The first kappa shape index (κ1) is 16.0. The van der Waals surface area contributed by atoms with Crippen LogP contribution in [0.4, 0.5) is 5.13 Å². The van der Waals surface area contributed by atoms with Gasteiger partial charge in [0.15, 0.2) is 5.13 Å². The summed E-state index contributed by atoms with van der Waals surface area (Å²) in [6, 6.07) is 0. The van der Waals surface area contributed by atoms with Gasteiger partial charge >= 0.3 is 0 Å². The van der Waals surface area contributed by atoms with E-state index >= 15 is 0 Å². The summed E-state index contributed by atoms with van der Waals surface area (Å²) in [6.07, 6.45) is 3.80. The van der Waals surface area contributed by atoms with Crippen LogP contribution in [0.1, 0.15) is 37.2 Å². The van der Waals surface area contributed by atoms with E-state index in [2.05, 4.69) is 54.9 Å². The van der Waals surface area contributed by atoms with E-state index in [0.29, 0.717) is 0 Å². The van der Waals surface area contributed by atoms with Crippen LogP contribution in [0.25, 0.3) is 0 Å². The highest BCUT2D eigenvalue weighted by Gasteiger charge is 2.15. The number of rotatable bonds is 5. The molecule has 0 aromatic carbocycles. The summed E-state index contributed by atoms with van der Waals surface area (Å²) in [7, 11) is 4.08. The molecule has 1 N–H and O–H groups in total. The number of nitrogens with zero attached hydrogens (tertiary/aromatic N) is 4. The maximum absolute atomic E-state index is 4.69. The Morgan fingerprint density at radius 1 is 1.38 bits per heavy atom. The maximum atomic E-state index is 4.69. The molecule has 2 aromatic heterocycles. The number of aryl methyl sites for hydroxylation is 2. The minimum Gasteiger partial charge on any atom is -0.344 e. The molecule has 0 saturated carbocycles. The molecule has 0 aliphatic rings. The fraction of sp³-hybridized carbons (Fsp3) is 0.600. The monoisotopic (exact) mass is 307 g/mol. The molecule has 0 atom stereocenters. The molecule has 2 rings (SSSR count). The molecule has 0 amide bonds. The van der Waals surface area contributed by atoms with Crippen molar-refractivity contribution in [2.24, 2.45) is 7.05 Å². The third-order valence-electron chi connectivity index (χ3n) is 3.29. The normalized spacial score (nSPS) is 11.9. The average molecular weight is 307 g/mol. The Kier molecular flexibility index (Phi) is 4.68.